The van der Waals surface area contributed by atoms with Crippen molar-refractivity contribution >= 4 is 34.3 Å². The summed E-state index contributed by atoms with van der Waals surface area (Å²) in [7, 11) is 0. The van der Waals surface area contributed by atoms with Crippen molar-refractivity contribution in [3.63, 3.8) is 0 Å². The smallest absolute Gasteiger partial charge is 0.0970 e. The van der Waals surface area contributed by atoms with E-state index in [-0.39, 0.29) is 0 Å². The summed E-state index contributed by atoms with van der Waals surface area (Å²) in [5.74, 6) is 0.905. The largest absolute Gasteiger partial charge is 0.241 e. The standard InChI is InChI=1S/C16H12ClNS/c17-14-8-5-12(6-9-14)11-19-16-10-7-13-3-1-2-4-15(13)18-16/h1-10H,11H2. The molecule has 94 valence electrons. The average Bonchev–Trinajstić information content (AvgIpc) is 2.46. The van der Waals surface area contributed by atoms with Crippen LogP contribution in [0.15, 0.2) is 65.7 Å². The lowest BCUT2D eigenvalue weighted by Crippen LogP contribution is -1.84. The SMILES string of the molecule is Clc1ccc(CSc2ccc3ccccc3n2)cc1. The molecule has 0 unspecified atom stereocenters. The first-order valence-corrected chi connectivity index (χ1v) is 7.41. The summed E-state index contributed by atoms with van der Waals surface area (Å²) in [4.78, 5) is 4.64. The van der Waals surface area contributed by atoms with Crippen LogP contribution in [-0.4, -0.2) is 4.98 Å². The number of aromatic nitrogens is 1. The van der Waals surface area contributed by atoms with Gasteiger partial charge in [0, 0.05) is 16.2 Å². The topological polar surface area (TPSA) is 12.9 Å². The van der Waals surface area contributed by atoms with Gasteiger partial charge in [-0.15, -0.1) is 11.8 Å². The van der Waals surface area contributed by atoms with E-state index in [9.17, 15) is 0 Å². The van der Waals surface area contributed by atoms with E-state index in [4.69, 9.17) is 11.6 Å². The van der Waals surface area contributed by atoms with Crippen molar-refractivity contribution in [1.29, 1.82) is 0 Å². The maximum absolute atomic E-state index is 5.88. The van der Waals surface area contributed by atoms with Crippen LogP contribution in [0.1, 0.15) is 5.56 Å². The number of halogens is 1. The zero-order valence-electron chi connectivity index (χ0n) is 10.2. The number of fused-ring (bicyclic) bond motifs is 1. The van der Waals surface area contributed by atoms with Crippen LogP contribution in [-0.2, 0) is 5.75 Å². The highest BCUT2D eigenvalue weighted by Crippen LogP contribution is 2.24. The number of hydrogen-bond donors (Lipinski definition) is 0. The predicted molar refractivity (Wildman–Crippen MR) is 82.8 cm³/mol. The van der Waals surface area contributed by atoms with E-state index in [0.29, 0.717) is 0 Å². The molecule has 0 aliphatic heterocycles. The monoisotopic (exact) mass is 285 g/mol. The van der Waals surface area contributed by atoms with Gasteiger partial charge in [-0.25, -0.2) is 4.98 Å². The average molecular weight is 286 g/mol. The van der Waals surface area contributed by atoms with Crippen molar-refractivity contribution < 1.29 is 0 Å². The number of pyridine rings is 1. The molecule has 0 saturated heterocycles. The highest BCUT2D eigenvalue weighted by molar-refractivity contribution is 7.98. The zero-order chi connectivity index (χ0) is 13.1. The molecular formula is C16H12ClNS. The first-order valence-electron chi connectivity index (χ1n) is 6.04. The lowest BCUT2D eigenvalue weighted by molar-refractivity contribution is 1.18. The summed E-state index contributed by atoms with van der Waals surface area (Å²) < 4.78 is 0. The van der Waals surface area contributed by atoms with Crippen LogP contribution in [0.4, 0.5) is 0 Å². The van der Waals surface area contributed by atoms with Crippen LogP contribution in [0.25, 0.3) is 10.9 Å². The predicted octanol–water partition coefficient (Wildman–Crippen LogP) is 5.18. The third-order valence-electron chi connectivity index (χ3n) is 2.87. The van der Waals surface area contributed by atoms with E-state index in [0.717, 1.165) is 21.3 Å². The van der Waals surface area contributed by atoms with Crippen LogP contribution in [0.3, 0.4) is 0 Å². The fraction of sp³-hybridized carbons (Fsp3) is 0.0625. The van der Waals surface area contributed by atoms with Gasteiger partial charge in [0.2, 0.25) is 0 Å². The Hall–Kier alpha value is -1.51. The molecule has 3 heteroatoms. The molecule has 0 N–H and O–H groups in total. The van der Waals surface area contributed by atoms with Gasteiger partial charge in [-0.1, -0.05) is 48.0 Å². The van der Waals surface area contributed by atoms with Crippen molar-refractivity contribution in [2.45, 2.75) is 10.8 Å². The molecule has 1 heterocycles. The molecule has 0 bridgehead atoms. The molecule has 2 aromatic carbocycles. The van der Waals surface area contributed by atoms with Gasteiger partial charge in [0.15, 0.2) is 0 Å². The van der Waals surface area contributed by atoms with Crippen LogP contribution in [0.2, 0.25) is 5.02 Å². The Bertz CT molecular complexity index is 694. The van der Waals surface area contributed by atoms with Gasteiger partial charge in [-0.05, 0) is 29.8 Å². The Labute approximate surface area is 121 Å². The third kappa shape index (κ3) is 3.09. The summed E-state index contributed by atoms with van der Waals surface area (Å²) in [6.07, 6.45) is 0. The Balaban J connectivity index is 1.76. The molecule has 0 amide bonds. The van der Waals surface area contributed by atoms with Gasteiger partial charge >= 0.3 is 0 Å². The number of rotatable bonds is 3. The Kier molecular flexibility index (Phi) is 3.72. The minimum absolute atomic E-state index is 0.776. The van der Waals surface area contributed by atoms with Crippen LogP contribution < -0.4 is 0 Å². The highest BCUT2D eigenvalue weighted by atomic mass is 35.5. The van der Waals surface area contributed by atoms with Gasteiger partial charge in [0.25, 0.3) is 0 Å². The van der Waals surface area contributed by atoms with E-state index in [1.54, 1.807) is 11.8 Å². The molecule has 0 radical (unpaired) electrons. The van der Waals surface area contributed by atoms with Crippen LogP contribution in [0.5, 0.6) is 0 Å². The second-order valence-corrected chi connectivity index (χ2v) is 5.69. The summed E-state index contributed by atoms with van der Waals surface area (Å²) in [5, 5.41) is 3.00. The van der Waals surface area contributed by atoms with Gasteiger partial charge < -0.3 is 0 Å². The fourth-order valence-corrected chi connectivity index (χ4v) is 2.83. The molecule has 1 nitrogen and oxygen atoms in total. The number of thioether (sulfide) groups is 1. The van der Waals surface area contributed by atoms with Crippen molar-refractivity contribution in [1.82, 2.24) is 4.98 Å². The van der Waals surface area contributed by atoms with E-state index in [2.05, 4.69) is 35.3 Å². The molecular weight excluding hydrogens is 274 g/mol. The molecule has 0 aliphatic carbocycles. The van der Waals surface area contributed by atoms with Gasteiger partial charge in [0.1, 0.15) is 0 Å². The summed E-state index contributed by atoms with van der Waals surface area (Å²) in [5.41, 5.74) is 2.30. The second kappa shape index (κ2) is 5.64. The maximum atomic E-state index is 5.88. The Morgan fingerprint density at radius 2 is 1.68 bits per heavy atom. The molecule has 3 aromatic rings. The molecule has 0 saturated carbocycles. The zero-order valence-corrected chi connectivity index (χ0v) is 11.8. The van der Waals surface area contributed by atoms with Gasteiger partial charge in [0.05, 0.1) is 10.5 Å². The molecule has 0 fully saturated rings. The normalized spacial score (nSPS) is 10.8. The lowest BCUT2D eigenvalue weighted by Gasteiger charge is -2.03. The molecule has 3 rings (SSSR count). The first-order chi connectivity index (χ1) is 9.31. The third-order valence-corrected chi connectivity index (χ3v) is 4.13. The van der Waals surface area contributed by atoms with E-state index in [1.165, 1.54) is 10.9 Å². The van der Waals surface area contributed by atoms with Crippen LogP contribution >= 0.6 is 23.4 Å². The second-order valence-electron chi connectivity index (χ2n) is 4.26. The highest BCUT2D eigenvalue weighted by Gasteiger charge is 2.00. The Morgan fingerprint density at radius 1 is 0.895 bits per heavy atom. The number of hydrogen-bond acceptors (Lipinski definition) is 2. The number of para-hydroxylation sites is 1. The van der Waals surface area contributed by atoms with Crippen LogP contribution in [0, 0.1) is 0 Å². The van der Waals surface area contributed by atoms with Gasteiger partial charge in [-0.2, -0.15) is 0 Å². The fourth-order valence-electron chi connectivity index (χ4n) is 1.87. The summed E-state index contributed by atoms with van der Waals surface area (Å²) in [6.45, 7) is 0. The summed E-state index contributed by atoms with van der Waals surface area (Å²) >= 11 is 7.62. The Morgan fingerprint density at radius 3 is 2.53 bits per heavy atom. The van der Waals surface area contributed by atoms with E-state index >= 15 is 0 Å². The minimum atomic E-state index is 0.776. The number of nitrogens with zero attached hydrogens (tertiary/aromatic N) is 1. The minimum Gasteiger partial charge on any atom is -0.241 e. The van der Waals surface area contributed by atoms with E-state index < -0.39 is 0 Å². The van der Waals surface area contributed by atoms with Crippen molar-refractivity contribution in [2.24, 2.45) is 0 Å². The van der Waals surface area contributed by atoms with Crippen molar-refractivity contribution in [3.05, 3.63) is 71.2 Å². The van der Waals surface area contributed by atoms with Crippen molar-refractivity contribution in [2.75, 3.05) is 0 Å². The van der Waals surface area contributed by atoms with Gasteiger partial charge in [-0.3, -0.25) is 0 Å². The van der Waals surface area contributed by atoms with Crippen molar-refractivity contribution in [3.8, 4) is 0 Å². The molecule has 19 heavy (non-hydrogen) atoms. The quantitative estimate of drug-likeness (QED) is 0.615. The molecule has 0 spiro atoms. The molecule has 0 atom stereocenters. The molecule has 1 aromatic heterocycles. The number of benzene rings is 2. The summed E-state index contributed by atoms with van der Waals surface area (Å²) in [6, 6.07) is 20.3. The van der Waals surface area contributed by atoms with E-state index in [1.807, 2.05) is 30.3 Å². The lowest BCUT2D eigenvalue weighted by atomic mass is 10.2. The molecule has 0 aliphatic rings. The first kappa shape index (κ1) is 12.5. The maximum Gasteiger partial charge on any atom is 0.0970 e.